The summed E-state index contributed by atoms with van der Waals surface area (Å²) in [5.41, 5.74) is 0.966. The van der Waals surface area contributed by atoms with Crippen LogP contribution in [0.25, 0.3) is 0 Å². The number of carbonyl (C=O) groups is 2. The van der Waals surface area contributed by atoms with Gasteiger partial charge in [0, 0.05) is 0 Å². The first-order chi connectivity index (χ1) is 7.68. The number of hydrogen-bond acceptors (Lipinski definition) is 3. The second kappa shape index (κ2) is 6.58. The van der Waals surface area contributed by atoms with Crippen molar-refractivity contribution in [1.82, 2.24) is 5.32 Å². The number of rotatable bonds is 6. The summed E-state index contributed by atoms with van der Waals surface area (Å²) in [6.45, 7) is -0.183. The number of nitrogens with one attached hydrogen (secondary N) is 1. The number of carboxylic acids is 1. The van der Waals surface area contributed by atoms with Crippen LogP contribution < -0.4 is 5.32 Å². The molecule has 0 fully saturated rings. The molecule has 1 aromatic rings. The smallest absolute Gasteiger partial charge is 0.322 e. The Bertz CT molecular complexity index is 350. The molecule has 0 atom stereocenters. The van der Waals surface area contributed by atoms with Crippen LogP contribution in [-0.4, -0.2) is 30.1 Å². The van der Waals surface area contributed by atoms with Crippen LogP contribution in [0.3, 0.4) is 0 Å². The van der Waals surface area contributed by atoms with Gasteiger partial charge >= 0.3 is 5.97 Å². The maximum Gasteiger partial charge on any atom is 0.322 e. The molecule has 0 saturated carbocycles. The van der Waals surface area contributed by atoms with Crippen LogP contribution in [0.2, 0.25) is 0 Å². The monoisotopic (exact) mass is 223 g/mol. The highest BCUT2D eigenvalue weighted by atomic mass is 16.5. The number of carbonyl (C=O) groups excluding carboxylic acids is 1. The summed E-state index contributed by atoms with van der Waals surface area (Å²) < 4.78 is 5.11. The van der Waals surface area contributed by atoms with Crippen LogP contribution >= 0.6 is 0 Å². The zero-order valence-electron chi connectivity index (χ0n) is 8.68. The predicted molar refractivity (Wildman–Crippen MR) is 56.7 cm³/mol. The summed E-state index contributed by atoms with van der Waals surface area (Å²) in [4.78, 5) is 21.2. The Kier molecular flexibility index (Phi) is 5.01. The first kappa shape index (κ1) is 12.2. The topological polar surface area (TPSA) is 75.6 Å². The van der Waals surface area contributed by atoms with Crippen LogP contribution in [0.1, 0.15) is 5.56 Å². The van der Waals surface area contributed by atoms with Gasteiger partial charge in [0.15, 0.2) is 0 Å². The molecule has 0 aliphatic heterocycles. The molecule has 0 aliphatic rings. The molecule has 0 aliphatic carbocycles. The van der Waals surface area contributed by atoms with Crippen molar-refractivity contribution in [3.8, 4) is 0 Å². The van der Waals surface area contributed by atoms with Crippen molar-refractivity contribution in [3.05, 3.63) is 35.9 Å². The Hall–Kier alpha value is -1.88. The van der Waals surface area contributed by atoms with Gasteiger partial charge in [0.05, 0.1) is 6.61 Å². The molecule has 0 saturated heterocycles. The van der Waals surface area contributed by atoms with Crippen LogP contribution in [0.5, 0.6) is 0 Å². The quantitative estimate of drug-likeness (QED) is 0.732. The largest absolute Gasteiger partial charge is 0.480 e. The van der Waals surface area contributed by atoms with Gasteiger partial charge in [0.2, 0.25) is 5.91 Å². The van der Waals surface area contributed by atoms with Crippen molar-refractivity contribution in [3.63, 3.8) is 0 Å². The first-order valence-electron chi connectivity index (χ1n) is 4.78. The average molecular weight is 223 g/mol. The number of hydrogen-bond donors (Lipinski definition) is 2. The molecule has 0 unspecified atom stereocenters. The molecule has 16 heavy (non-hydrogen) atoms. The van der Waals surface area contributed by atoms with E-state index in [1.807, 2.05) is 30.3 Å². The lowest BCUT2D eigenvalue weighted by Gasteiger charge is -2.04. The number of benzene rings is 1. The summed E-state index contributed by atoms with van der Waals surface area (Å²) in [5.74, 6) is -1.50. The second-order valence-electron chi connectivity index (χ2n) is 3.15. The molecule has 0 heterocycles. The molecule has 0 bridgehead atoms. The van der Waals surface area contributed by atoms with E-state index in [0.29, 0.717) is 6.61 Å². The van der Waals surface area contributed by atoms with Crippen LogP contribution in [0.15, 0.2) is 30.3 Å². The lowest BCUT2D eigenvalue weighted by atomic mass is 10.2. The van der Waals surface area contributed by atoms with Gasteiger partial charge < -0.3 is 15.2 Å². The molecule has 1 rings (SSSR count). The van der Waals surface area contributed by atoms with Gasteiger partial charge in [-0.3, -0.25) is 9.59 Å². The fourth-order valence-electron chi connectivity index (χ4n) is 1.06. The van der Waals surface area contributed by atoms with Crippen molar-refractivity contribution in [1.29, 1.82) is 0 Å². The van der Waals surface area contributed by atoms with Crippen molar-refractivity contribution >= 4 is 11.9 Å². The molecule has 0 aromatic heterocycles. The lowest BCUT2D eigenvalue weighted by Crippen LogP contribution is -2.32. The molecule has 2 N–H and O–H groups in total. The van der Waals surface area contributed by atoms with Gasteiger partial charge in [-0.25, -0.2) is 0 Å². The van der Waals surface area contributed by atoms with E-state index in [1.54, 1.807) is 0 Å². The second-order valence-corrected chi connectivity index (χ2v) is 3.15. The molecule has 1 amide bonds. The molecule has 0 radical (unpaired) electrons. The number of amides is 1. The van der Waals surface area contributed by atoms with E-state index < -0.39 is 11.9 Å². The fourth-order valence-corrected chi connectivity index (χ4v) is 1.06. The highest BCUT2D eigenvalue weighted by Gasteiger charge is 2.03. The first-order valence-corrected chi connectivity index (χ1v) is 4.78. The molecule has 0 spiro atoms. The molecular weight excluding hydrogens is 210 g/mol. The third-order valence-corrected chi connectivity index (χ3v) is 1.78. The maximum atomic E-state index is 11.0. The van der Waals surface area contributed by atoms with Gasteiger partial charge in [-0.05, 0) is 5.56 Å². The Balaban J connectivity index is 2.16. The molecule has 1 aromatic carbocycles. The zero-order chi connectivity index (χ0) is 11.8. The number of ether oxygens (including phenoxy) is 1. The molecular formula is C11H13NO4. The number of aliphatic carboxylic acids is 1. The highest BCUT2D eigenvalue weighted by Crippen LogP contribution is 1.99. The summed E-state index contributed by atoms with van der Waals surface area (Å²) in [7, 11) is 0. The highest BCUT2D eigenvalue weighted by molar-refractivity contribution is 5.81. The van der Waals surface area contributed by atoms with E-state index in [9.17, 15) is 9.59 Å². The van der Waals surface area contributed by atoms with Crippen LogP contribution in [0.4, 0.5) is 0 Å². The zero-order valence-corrected chi connectivity index (χ0v) is 8.68. The Morgan fingerprint density at radius 2 is 1.94 bits per heavy atom. The van der Waals surface area contributed by atoms with E-state index in [1.165, 1.54) is 0 Å². The summed E-state index contributed by atoms with van der Waals surface area (Å²) in [6, 6.07) is 9.42. The Morgan fingerprint density at radius 3 is 2.56 bits per heavy atom. The molecule has 5 nitrogen and oxygen atoms in total. The van der Waals surface area contributed by atoms with Crippen LogP contribution in [0, 0.1) is 0 Å². The summed E-state index contributed by atoms with van der Waals surface area (Å²) in [6.07, 6.45) is 0. The van der Waals surface area contributed by atoms with E-state index in [4.69, 9.17) is 9.84 Å². The van der Waals surface area contributed by atoms with E-state index >= 15 is 0 Å². The van der Waals surface area contributed by atoms with Crippen molar-refractivity contribution in [2.45, 2.75) is 6.61 Å². The van der Waals surface area contributed by atoms with Gasteiger partial charge in [-0.15, -0.1) is 0 Å². The van der Waals surface area contributed by atoms with Gasteiger partial charge in [0.1, 0.15) is 13.2 Å². The summed E-state index contributed by atoms with van der Waals surface area (Å²) in [5, 5.41) is 10.5. The minimum atomic E-state index is -1.07. The van der Waals surface area contributed by atoms with Crippen molar-refractivity contribution in [2.75, 3.05) is 13.2 Å². The van der Waals surface area contributed by atoms with Gasteiger partial charge in [0.25, 0.3) is 0 Å². The van der Waals surface area contributed by atoms with Crippen molar-refractivity contribution < 1.29 is 19.4 Å². The van der Waals surface area contributed by atoms with E-state index in [0.717, 1.165) is 5.56 Å². The third-order valence-electron chi connectivity index (χ3n) is 1.78. The number of carboxylic acid groups (broad SMARTS) is 1. The standard InChI is InChI=1S/C11H13NO4/c13-10(12-6-11(14)15)8-16-7-9-4-2-1-3-5-9/h1-5H,6-8H2,(H,12,13)(H,14,15). The Labute approximate surface area is 93.0 Å². The van der Waals surface area contributed by atoms with E-state index in [-0.39, 0.29) is 13.2 Å². The lowest BCUT2D eigenvalue weighted by molar-refractivity contribution is -0.138. The maximum absolute atomic E-state index is 11.0. The Morgan fingerprint density at radius 1 is 1.25 bits per heavy atom. The van der Waals surface area contributed by atoms with Gasteiger partial charge in [-0.2, -0.15) is 0 Å². The summed E-state index contributed by atoms with van der Waals surface area (Å²) >= 11 is 0. The molecule has 86 valence electrons. The van der Waals surface area contributed by atoms with Crippen LogP contribution in [-0.2, 0) is 20.9 Å². The predicted octanol–water partition coefficient (Wildman–Crippen LogP) is 0.404. The van der Waals surface area contributed by atoms with Crippen molar-refractivity contribution in [2.24, 2.45) is 0 Å². The fraction of sp³-hybridized carbons (Fsp3) is 0.273. The SMILES string of the molecule is O=C(O)CNC(=O)COCc1ccccc1. The minimum Gasteiger partial charge on any atom is -0.480 e. The average Bonchev–Trinajstić information content (AvgIpc) is 2.28. The van der Waals surface area contributed by atoms with Gasteiger partial charge in [-0.1, -0.05) is 30.3 Å². The minimum absolute atomic E-state index is 0.137. The third kappa shape index (κ3) is 5.11. The normalized spacial score (nSPS) is 9.75. The molecule has 5 heteroatoms. The van der Waals surface area contributed by atoms with E-state index in [2.05, 4.69) is 5.32 Å².